The number of nitrogens with zero attached hydrogens (tertiary/aromatic N) is 1. The Bertz CT molecular complexity index is 1570. The highest BCUT2D eigenvalue weighted by Crippen LogP contribution is 2.33. The van der Waals surface area contributed by atoms with Crippen molar-refractivity contribution in [1.82, 2.24) is 10.3 Å². The molecule has 35 heavy (non-hydrogen) atoms. The number of methoxy groups -OCH3 is 2. The third kappa shape index (κ3) is 4.51. The first-order chi connectivity index (χ1) is 17.1. The smallest absolute Gasteiger partial charge is 0.258 e. The number of hydrogen-bond donors (Lipinski definition) is 2. The number of benzene rings is 4. The molecule has 0 unspecified atom stereocenters. The van der Waals surface area contributed by atoms with E-state index in [0.29, 0.717) is 39.7 Å². The number of fused-ring (bicyclic) bond motifs is 2. The molecule has 8 heteroatoms. The van der Waals surface area contributed by atoms with Crippen molar-refractivity contribution in [2.24, 2.45) is 0 Å². The summed E-state index contributed by atoms with van der Waals surface area (Å²) < 4.78 is 16.6. The molecule has 4 aromatic carbocycles. The van der Waals surface area contributed by atoms with Gasteiger partial charge in [-0.15, -0.1) is 0 Å². The molecule has 0 aliphatic heterocycles. The lowest BCUT2D eigenvalue weighted by atomic mass is 10.0. The number of nitrogens with one attached hydrogen (secondary N) is 2. The fraction of sp³-hybridized carbons (Fsp3) is 0.0741. The Morgan fingerprint density at radius 1 is 0.914 bits per heavy atom. The summed E-state index contributed by atoms with van der Waals surface area (Å²) in [6, 6.07) is 24.2. The summed E-state index contributed by atoms with van der Waals surface area (Å²) in [6.45, 7) is 0. The van der Waals surface area contributed by atoms with Gasteiger partial charge in [0, 0.05) is 16.8 Å². The Hall–Kier alpha value is -4.43. The van der Waals surface area contributed by atoms with Crippen LogP contribution in [0.25, 0.3) is 33.3 Å². The van der Waals surface area contributed by atoms with Gasteiger partial charge in [0.25, 0.3) is 5.91 Å². The van der Waals surface area contributed by atoms with Crippen LogP contribution < -0.4 is 20.1 Å². The highest BCUT2D eigenvalue weighted by atomic mass is 32.1. The number of anilines is 1. The number of amides is 1. The number of carbonyl (C=O) groups excluding carboxylic acids is 1. The van der Waals surface area contributed by atoms with E-state index in [0.717, 1.165) is 16.3 Å². The van der Waals surface area contributed by atoms with E-state index in [1.165, 1.54) is 0 Å². The van der Waals surface area contributed by atoms with Gasteiger partial charge in [0.2, 0.25) is 5.89 Å². The summed E-state index contributed by atoms with van der Waals surface area (Å²) >= 11 is 5.38. The number of carbonyl (C=O) groups is 1. The Morgan fingerprint density at radius 3 is 2.54 bits per heavy atom. The van der Waals surface area contributed by atoms with E-state index in [2.05, 4.69) is 15.6 Å². The van der Waals surface area contributed by atoms with E-state index in [4.69, 9.17) is 26.1 Å². The summed E-state index contributed by atoms with van der Waals surface area (Å²) in [5.74, 6) is 1.38. The van der Waals surface area contributed by atoms with Crippen molar-refractivity contribution in [2.45, 2.75) is 0 Å². The van der Waals surface area contributed by atoms with Gasteiger partial charge in [-0.3, -0.25) is 10.1 Å². The second-order valence-corrected chi connectivity index (χ2v) is 8.11. The van der Waals surface area contributed by atoms with Crippen LogP contribution in [-0.2, 0) is 0 Å². The Kier molecular flexibility index (Phi) is 6.03. The summed E-state index contributed by atoms with van der Waals surface area (Å²) in [6.07, 6.45) is 0. The molecular formula is C27H21N3O4S. The second-order valence-electron chi connectivity index (χ2n) is 7.71. The number of oxazole rings is 1. The van der Waals surface area contributed by atoms with Gasteiger partial charge in [-0.2, -0.15) is 0 Å². The molecule has 0 aliphatic carbocycles. The van der Waals surface area contributed by atoms with Crippen molar-refractivity contribution in [3.8, 4) is 23.0 Å². The third-order valence-electron chi connectivity index (χ3n) is 5.54. The van der Waals surface area contributed by atoms with E-state index < -0.39 is 0 Å². The Labute approximate surface area is 206 Å². The predicted octanol–water partition coefficient (Wildman–Crippen LogP) is 5.79. The molecule has 0 bridgehead atoms. The fourth-order valence-corrected chi connectivity index (χ4v) is 4.06. The zero-order valence-electron chi connectivity index (χ0n) is 19.0. The quantitative estimate of drug-likeness (QED) is 0.306. The van der Waals surface area contributed by atoms with Crippen molar-refractivity contribution in [3.63, 3.8) is 0 Å². The molecule has 0 atom stereocenters. The lowest BCUT2D eigenvalue weighted by Gasteiger charge is -2.11. The molecule has 174 valence electrons. The highest BCUT2D eigenvalue weighted by molar-refractivity contribution is 7.80. The van der Waals surface area contributed by atoms with Crippen LogP contribution >= 0.6 is 12.2 Å². The highest BCUT2D eigenvalue weighted by Gasteiger charge is 2.14. The molecular weight excluding hydrogens is 462 g/mol. The van der Waals surface area contributed by atoms with Gasteiger partial charge in [0.05, 0.1) is 14.2 Å². The van der Waals surface area contributed by atoms with Gasteiger partial charge in [-0.25, -0.2) is 4.98 Å². The molecule has 0 spiro atoms. The molecule has 0 saturated carbocycles. The summed E-state index contributed by atoms with van der Waals surface area (Å²) in [5.41, 5.74) is 3.24. The van der Waals surface area contributed by atoms with Crippen molar-refractivity contribution in [1.29, 1.82) is 0 Å². The lowest BCUT2D eigenvalue weighted by Crippen LogP contribution is -2.34. The maximum Gasteiger partial charge on any atom is 0.258 e. The predicted molar refractivity (Wildman–Crippen MR) is 140 cm³/mol. The van der Waals surface area contributed by atoms with Crippen LogP contribution in [0.1, 0.15) is 10.4 Å². The minimum Gasteiger partial charge on any atom is -0.493 e. The SMILES string of the molecule is COc1ccc(-c2nc3cc(NC(=S)NC(=O)c4cccc5ccccc45)ccc3o2)cc1OC. The number of thiocarbonyl (C=S) groups is 1. The second kappa shape index (κ2) is 9.44. The van der Waals surface area contributed by atoms with Crippen LogP contribution in [0, 0.1) is 0 Å². The Morgan fingerprint density at radius 2 is 1.71 bits per heavy atom. The summed E-state index contributed by atoms with van der Waals surface area (Å²) in [5, 5.41) is 7.83. The van der Waals surface area contributed by atoms with E-state index in [1.54, 1.807) is 44.6 Å². The van der Waals surface area contributed by atoms with E-state index in [1.807, 2.05) is 48.5 Å². The average molecular weight is 484 g/mol. The first-order valence-electron chi connectivity index (χ1n) is 10.8. The van der Waals surface area contributed by atoms with Crippen LogP contribution in [0.4, 0.5) is 5.69 Å². The number of ether oxygens (including phenoxy) is 2. The molecule has 0 saturated heterocycles. The van der Waals surface area contributed by atoms with Gasteiger partial charge >= 0.3 is 0 Å². The molecule has 0 radical (unpaired) electrons. The number of aromatic nitrogens is 1. The van der Waals surface area contributed by atoms with E-state index >= 15 is 0 Å². The maximum absolute atomic E-state index is 12.8. The average Bonchev–Trinajstić information content (AvgIpc) is 3.31. The number of hydrogen-bond acceptors (Lipinski definition) is 6. The lowest BCUT2D eigenvalue weighted by molar-refractivity contribution is 0.0979. The third-order valence-corrected chi connectivity index (χ3v) is 5.74. The van der Waals surface area contributed by atoms with E-state index in [9.17, 15) is 4.79 Å². The van der Waals surface area contributed by atoms with Gasteiger partial charge in [0.1, 0.15) is 5.52 Å². The van der Waals surface area contributed by atoms with Crippen LogP contribution in [0.3, 0.4) is 0 Å². The van der Waals surface area contributed by atoms with Crippen molar-refractivity contribution in [2.75, 3.05) is 19.5 Å². The van der Waals surface area contributed by atoms with Crippen molar-refractivity contribution >= 4 is 50.8 Å². The largest absolute Gasteiger partial charge is 0.493 e. The first-order valence-corrected chi connectivity index (χ1v) is 11.2. The van der Waals surface area contributed by atoms with Gasteiger partial charge < -0.3 is 19.2 Å². The summed E-state index contributed by atoms with van der Waals surface area (Å²) in [4.78, 5) is 17.4. The van der Waals surface area contributed by atoms with Crippen LogP contribution in [0.5, 0.6) is 11.5 Å². The molecule has 2 N–H and O–H groups in total. The van der Waals surface area contributed by atoms with Gasteiger partial charge in [-0.1, -0.05) is 36.4 Å². The first kappa shape index (κ1) is 22.4. The van der Waals surface area contributed by atoms with Crippen molar-refractivity contribution < 1.29 is 18.7 Å². The van der Waals surface area contributed by atoms with Crippen LogP contribution in [0.15, 0.2) is 83.3 Å². The number of rotatable bonds is 5. The maximum atomic E-state index is 12.8. The zero-order chi connectivity index (χ0) is 24.4. The standard InChI is InChI=1S/C27H21N3O4S/c1-32-23-12-10-17(14-24(23)33-2)26-29-21-15-18(11-13-22(21)34-26)28-27(35)30-25(31)20-9-5-7-16-6-3-4-8-19(16)20/h3-15H,1-2H3,(H2,28,30,31,35). The van der Waals surface area contributed by atoms with Gasteiger partial charge in [-0.05, 0) is 65.5 Å². The molecule has 5 rings (SSSR count). The normalized spacial score (nSPS) is 10.8. The van der Waals surface area contributed by atoms with Gasteiger partial charge in [0.15, 0.2) is 22.2 Å². The zero-order valence-corrected chi connectivity index (χ0v) is 19.8. The fourth-order valence-electron chi connectivity index (χ4n) is 3.85. The topological polar surface area (TPSA) is 85.6 Å². The van der Waals surface area contributed by atoms with Crippen molar-refractivity contribution in [3.05, 3.63) is 84.4 Å². The van der Waals surface area contributed by atoms with Crippen LogP contribution in [-0.4, -0.2) is 30.2 Å². The molecule has 1 aromatic heterocycles. The molecule has 0 aliphatic rings. The molecule has 1 heterocycles. The molecule has 0 fully saturated rings. The minimum absolute atomic E-state index is 0.186. The minimum atomic E-state index is -0.280. The molecule has 7 nitrogen and oxygen atoms in total. The molecule has 1 amide bonds. The van der Waals surface area contributed by atoms with Crippen LogP contribution in [0.2, 0.25) is 0 Å². The molecule has 5 aromatic rings. The summed E-state index contributed by atoms with van der Waals surface area (Å²) in [7, 11) is 3.16. The monoisotopic (exact) mass is 483 g/mol. The van der Waals surface area contributed by atoms with E-state index in [-0.39, 0.29) is 11.0 Å². The Balaban J connectivity index is 1.33.